The summed E-state index contributed by atoms with van der Waals surface area (Å²) in [7, 11) is 0. The van der Waals surface area contributed by atoms with E-state index in [0.29, 0.717) is 17.6 Å². The molecule has 1 aliphatic rings. The number of anilines is 1. The van der Waals surface area contributed by atoms with Gasteiger partial charge in [0.25, 0.3) is 0 Å². The quantitative estimate of drug-likeness (QED) is 0.866. The number of oxazole rings is 1. The van der Waals surface area contributed by atoms with Crippen LogP contribution in [0.2, 0.25) is 0 Å². The maximum Gasteiger partial charge on any atom is 0.417 e. The fraction of sp³-hybridized carbons (Fsp3) is 0.385. The van der Waals surface area contributed by atoms with E-state index in [-0.39, 0.29) is 5.41 Å². The van der Waals surface area contributed by atoms with E-state index in [4.69, 9.17) is 9.68 Å². The third-order valence-electron chi connectivity index (χ3n) is 3.60. The molecule has 1 aromatic heterocycles. The number of hydrogen-bond donors (Lipinski definition) is 2. The first-order valence-electron chi connectivity index (χ1n) is 5.99. The second-order valence-corrected chi connectivity index (χ2v) is 4.82. The molecule has 2 N–H and O–H groups in total. The molecule has 1 fully saturated rings. The average molecular weight is 243 g/mol. The topological polar surface area (TPSA) is 81.8 Å². The molecule has 0 amide bonds. The first-order chi connectivity index (χ1) is 8.71. The Morgan fingerprint density at radius 2 is 2.33 bits per heavy atom. The van der Waals surface area contributed by atoms with Gasteiger partial charge in [-0.05, 0) is 31.0 Å². The standard InChI is InChI=1S/C13H13N3O2/c14-7-13(4-1-5-13)8-15-9-2-3-11-10(6-9)16-12(17)18-11/h2-3,6,15H,1,4-5,8H2,(H,16,17). The van der Waals surface area contributed by atoms with Gasteiger partial charge in [-0.2, -0.15) is 5.26 Å². The van der Waals surface area contributed by atoms with Crippen LogP contribution >= 0.6 is 0 Å². The number of fused-ring (bicyclic) bond motifs is 1. The maximum atomic E-state index is 11.0. The maximum absolute atomic E-state index is 11.0. The minimum absolute atomic E-state index is 0.210. The summed E-state index contributed by atoms with van der Waals surface area (Å²) in [6.45, 7) is 0.650. The highest BCUT2D eigenvalue weighted by Crippen LogP contribution is 2.40. The molecule has 0 saturated heterocycles. The fourth-order valence-corrected chi connectivity index (χ4v) is 2.26. The summed E-state index contributed by atoms with van der Waals surface area (Å²) in [5.74, 6) is -0.449. The van der Waals surface area contributed by atoms with Gasteiger partial charge in [-0.1, -0.05) is 6.42 Å². The number of rotatable bonds is 3. The zero-order valence-electron chi connectivity index (χ0n) is 9.82. The summed E-state index contributed by atoms with van der Waals surface area (Å²) in [6, 6.07) is 7.81. The molecule has 1 saturated carbocycles. The van der Waals surface area contributed by atoms with Gasteiger partial charge in [0.1, 0.15) is 0 Å². The molecular weight excluding hydrogens is 230 g/mol. The number of nitrogens with one attached hydrogen (secondary N) is 2. The summed E-state index contributed by atoms with van der Waals surface area (Å²) in [6.07, 6.45) is 3.05. The lowest BCUT2D eigenvalue weighted by molar-refractivity contribution is 0.233. The number of aromatic nitrogens is 1. The highest BCUT2D eigenvalue weighted by molar-refractivity contribution is 5.76. The van der Waals surface area contributed by atoms with Crippen molar-refractivity contribution in [2.75, 3.05) is 11.9 Å². The number of aromatic amines is 1. The van der Waals surface area contributed by atoms with E-state index in [1.807, 2.05) is 12.1 Å². The summed E-state index contributed by atoms with van der Waals surface area (Å²) >= 11 is 0. The molecule has 0 radical (unpaired) electrons. The highest BCUT2D eigenvalue weighted by Gasteiger charge is 2.36. The zero-order chi connectivity index (χ0) is 12.6. The van der Waals surface area contributed by atoms with Crippen molar-refractivity contribution in [1.29, 1.82) is 5.26 Å². The minimum Gasteiger partial charge on any atom is -0.408 e. The summed E-state index contributed by atoms with van der Waals surface area (Å²) < 4.78 is 4.93. The van der Waals surface area contributed by atoms with Gasteiger partial charge in [0.15, 0.2) is 5.58 Å². The molecule has 2 aromatic rings. The second kappa shape index (κ2) is 3.91. The van der Waals surface area contributed by atoms with Crippen LogP contribution in [0.25, 0.3) is 11.1 Å². The summed E-state index contributed by atoms with van der Waals surface area (Å²) in [4.78, 5) is 13.6. The van der Waals surface area contributed by atoms with Crippen molar-refractivity contribution in [3.05, 3.63) is 28.7 Å². The van der Waals surface area contributed by atoms with Crippen LogP contribution in [0, 0.1) is 16.7 Å². The number of benzene rings is 1. The van der Waals surface area contributed by atoms with Crippen molar-refractivity contribution >= 4 is 16.8 Å². The van der Waals surface area contributed by atoms with Gasteiger partial charge < -0.3 is 9.73 Å². The van der Waals surface area contributed by atoms with E-state index < -0.39 is 5.76 Å². The molecule has 1 aromatic carbocycles. The predicted octanol–water partition coefficient (Wildman–Crippen LogP) is 2.23. The van der Waals surface area contributed by atoms with Crippen molar-refractivity contribution in [2.45, 2.75) is 19.3 Å². The SMILES string of the molecule is N#CC1(CNc2ccc3oc(=O)[nH]c3c2)CCC1. The van der Waals surface area contributed by atoms with Crippen LogP contribution in [-0.4, -0.2) is 11.5 Å². The van der Waals surface area contributed by atoms with Gasteiger partial charge in [-0.25, -0.2) is 4.79 Å². The van der Waals surface area contributed by atoms with Crippen LogP contribution < -0.4 is 11.1 Å². The van der Waals surface area contributed by atoms with Crippen LogP contribution in [0.3, 0.4) is 0 Å². The molecule has 3 rings (SSSR count). The van der Waals surface area contributed by atoms with E-state index in [9.17, 15) is 4.79 Å². The lowest BCUT2D eigenvalue weighted by atomic mass is 9.70. The average Bonchev–Trinajstić information content (AvgIpc) is 2.67. The van der Waals surface area contributed by atoms with Crippen molar-refractivity contribution in [3.8, 4) is 6.07 Å². The van der Waals surface area contributed by atoms with Gasteiger partial charge in [0.2, 0.25) is 0 Å². The van der Waals surface area contributed by atoms with Crippen molar-refractivity contribution in [1.82, 2.24) is 4.98 Å². The Kier molecular flexibility index (Phi) is 2.37. The first-order valence-corrected chi connectivity index (χ1v) is 5.99. The van der Waals surface area contributed by atoms with Gasteiger partial charge in [-0.15, -0.1) is 0 Å². The molecule has 0 aliphatic heterocycles. The van der Waals surface area contributed by atoms with Crippen molar-refractivity contribution in [2.24, 2.45) is 5.41 Å². The van der Waals surface area contributed by atoms with E-state index in [1.165, 1.54) is 0 Å². The van der Waals surface area contributed by atoms with E-state index >= 15 is 0 Å². The van der Waals surface area contributed by atoms with Gasteiger partial charge >= 0.3 is 5.76 Å². The van der Waals surface area contributed by atoms with Crippen LogP contribution in [0.4, 0.5) is 5.69 Å². The molecule has 0 spiro atoms. The third-order valence-corrected chi connectivity index (χ3v) is 3.60. The van der Waals surface area contributed by atoms with Gasteiger partial charge in [0.05, 0.1) is 17.0 Å². The Bertz CT molecular complexity index is 673. The number of H-pyrrole nitrogens is 1. The van der Waals surface area contributed by atoms with Crippen LogP contribution in [0.5, 0.6) is 0 Å². The molecule has 0 bridgehead atoms. The minimum atomic E-state index is -0.449. The largest absolute Gasteiger partial charge is 0.417 e. The molecular formula is C13H13N3O2. The molecule has 5 heteroatoms. The Balaban J connectivity index is 1.78. The molecule has 0 atom stereocenters. The molecule has 18 heavy (non-hydrogen) atoms. The van der Waals surface area contributed by atoms with Crippen molar-refractivity contribution < 1.29 is 4.42 Å². The van der Waals surface area contributed by atoms with Gasteiger partial charge in [-0.3, -0.25) is 4.98 Å². The molecule has 1 heterocycles. The molecule has 5 nitrogen and oxygen atoms in total. The number of nitrogens with zero attached hydrogens (tertiary/aromatic N) is 1. The molecule has 0 unspecified atom stereocenters. The van der Waals surface area contributed by atoms with E-state index in [0.717, 1.165) is 24.9 Å². The lowest BCUT2D eigenvalue weighted by Crippen LogP contribution is -2.34. The van der Waals surface area contributed by atoms with Crippen LogP contribution in [-0.2, 0) is 0 Å². The van der Waals surface area contributed by atoms with Gasteiger partial charge in [0, 0.05) is 12.2 Å². The third kappa shape index (κ3) is 1.76. The Labute approximate surface area is 103 Å². The normalized spacial score (nSPS) is 17.1. The van der Waals surface area contributed by atoms with E-state index in [2.05, 4.69) is 16.4 Å². The van der Waals surface area contributed by atoms with Crippen LogP contribution in [0.1, 0.15) is 19.3 Å². The fourth-order valence-electron chi connectivity index (χ4n) is 2.26. The summed E-state index contributed by atoms with van der Waals surface area (Å²) in [5, 5.41) is 12.4. The predicted molar refractivity (Wildman–Crippen MR) is 67.2 cm³/mol. The number of hydrogen-bond acceptors (Lipinski definition) is 4. The Hall–Kier alpha value is -2.22. The second-order valence-electron chi connectivity index (χ2n) is 4.82. The molecule has 92 valence electrons. The first kappa shape index (κ1) is 10.9. The molecule has 1 aliphatic carbocycles. The highest BCUT2D eigenvalue weighted by atomic mass is 16.4. The van der Waals surface area contributed by atoms with E-state index in [1.54, 1.807) is 6.07 Å². The van der Waals surface area contributed by atoms with Crippen molar-refractivity contribution in [3.63, 3.8) is 0 Å². The Morgan fingerprint density at radius 3 is 3.00 bits per heavy atom. The zero-order valence-corrected chi connectivity index (χ0v) is 9.82. The summed E-state index contributed by atoms with van der Waals surface area (Å²) in [5.41, 5.74) is 1.90. The monoisotopic (exact) mass is 243 g/mol. The lowest BCUT2D eigenvalue weighted by Gasteiger charge is -2.35. The van der Waals surface area contributed by atoms with Crippen LogP contribution in [0.15, 0.2) is 27.4 Å². The Morgan fingerprint density at radius 1 is 1.50 bits per heavy atom. The smallest absolute Gasteiger partial charge is 0.408 e. The number of nitriles is 1.